The molecule has 0 heterocycles. The van der Waals surface area contributed by atoms with Crippen LogP contribution in [0.4, 0.5) is 0 Å². The molecule has 0 aliphatic heterocycles. The van der Waals surface area contributed by atoms with Crippen LogP contribution in [0.2, 0.25) is 0 Å². The zero-order chi connectivity index (χ0) is 15.2. The van der Waals surface area contributed by atoms with Crippen molar-refractivity contribution in [3.8, 4) is 11.1 Å². The molecule has 1 atom stereocenters. The third-order valence-electron chi connectivity index (χ3n) is 4.06. The fourth-order valence-corrected chi connectivity index (χ4v) is 2.74. The highest BCUT2D eigenvalue weighted by Gasteiger charge is 2.09. The van der Waals surface area contributed by atoms with Gasteiger partial charge in [0.25, 0.3) is 0 Å². The maximum absolute atomic E-state index is 3.55. The number of hydrogen-bond donors (Lipinski definition) is 1. The molecule has 0 saturated carbocycles. The molecule has 2 rings (SSSR count). The van der Waals surface area contributed by atoms with Crippen LogP contribution in [-0.2, 0) is 0 Å². The lowest BCUT2D eigenvalue weighted by atomic mass is 9.96. The van der Waals surface area contributed by atoms with Crippen molar-refractivity contribution in [1.29, 1.82) is 0 Å². The second kappa shape index (κ2) is 7.42. The molecule has 0 aliphatic carbocycles. The summed E-state index contributed by atoms with van der Waals surface area (Å²) in [6.45, 7) is 9.87. The van der Waals surface area contributed by atoms with E-state index in [2.05, 4.69) is 81.5 Å². The van der Waals surface area contributed by atoms with Crippen molar-refractivity contribution in [1.82, 2.24) is 5.32 Å². The first-order valence-corrected chi connectivity index (χ1v) is 8.09. The van der Waals surface area contributed by atoms with Gasteiger partial charge in [-0.15, -0.1) is 0 Å². The molecule has 0 aromatic heterocycles. The van der Waals surface area contributed by atoms with E-state index in [4.69, 9.17) is 0 Å². The van der Waals surface area contributed by atoms with Crippen LogP contribution in [0.1, 0.15) is 57.2 Å². The zero-order valence-corrected chi connectivity index (χ0v) is 13.7. The van der Waals surface area contributed by atoms with Crippen LogP contribution in [0.25, 0.3) is 11.1 Å². The van der Waals surface area contributed by atoms with Gasteiger partial charge in [0.2, 0.25) is 0 Å². The topological polar surface area (TPSA) is 12.0 Å². The van der Waals surface area contributed by atoms with E-state index in [1.54, 1.807) is 0 Å². The van der Waals surface area contributed by atoms with Crippen LogP contribution < -0.4 is 5.32 Å². The molecule has 1 heteroatoms. The van der Waals surface area contributed by atoms with Gasteiger partial charge in [-0.25, -0.2) is 0 Å². The van der Waals surface area contributed by atoms with Crippen molar-refractivity contribution in [2.75, 3.05) is 6.54 Å². The van der Waals surface area contributed by atoms with Crippen LogP contribution in [-0.4, -0.2) is 6.54 Å². The number of rotatable bonds is 6. The Kier molecular flexibility index (Phi) is 5.58. The van der Waals surface area contributed by atoms with Crippen molar-refractivity contribution in [2.24, 2.45) is 0 Å². The fourth-order valence-electron chi connectivity index (χ4n) is 2.74. The molecule has 1 N–H and O–H groups in total. The van der Waals surface area contributed by atoms with Crippen molar-refractivity contribution in [3.63, 3.8) is 0 Å². The van der Waals surface area contributed by atoms with Gasteiger partial charge in [-0.05, 0) is 47.2 Å². The summed E-state index contributed by atoms with van der Waals surface area (Å²) in [6.07, 6.45) is 1.11. The summed E-state index contributed by atoms with van der Waals surface area (Å²) in [7, 11) is 0. The van der Waals surface area contributed by atoms with Gasteiger partial charge in [0.05, 0.1) is 0 Å². The van der Waals surface area contributed by atoms with Gasteiger partial charge in [0, 0.05) is 6.04 Å². The second-order valence-electron chi connectivity index (χ2n) is 5.92. The highest BCUT2D eigenvalue weighted by atomic mass is 14.9. The van der Waals surface area contributed by atoms with Gasteiger partial charge in [-0.1, -0.05) is 70.2 Å². The lowest BCUT2D eigenvalue weighted by molar-refractivity contribution is 0.537. The highest BCUT2D eigenvalue weighted by molar-refractivity contribution is 5.64. The van der Waals surface area contributed by atoms with Crippen LogP contribution in [0.15, 0.2) is 48.5 Å². The Morgan fingerprint density at radius 3 is 2.14 bits per heavy atom. The Hall–Kier alpha value is -1.60. The molecule has 0 amide bonds. The largest absolute Gasteiger partial charge is 0.310 e. The molecule has 0 radical (unpaired) electrons. The van der Waals surface area contributed by atoms with Crippen molar-refractivity contribution in [2.45, 2.75) is 46.1 Å². The summed E-state index contributed by atoms with van der Waals surface area (Å²) in [5.74, 6) is 0.587. The van der Waals surface area contributed by atoms with Gasteiger partial charge in [-0.3, -0.25) is 0 Å². The summed E-state index contributed by atoms with van der Waals surface area (Å²) in [5.41, 5.74) is 5.38. The number of nitrogens with one attached hydrogen (secondary N) is 1. The first-order valence-electron chi connectivity index (χ1n) is 8.09. The number of hydrogen-bond acceptors (Lipinski definition) is 1. The average Bonchev–Trinajstić information content (AvgIpc) is 2.53. The molecule has 2 aromatic carbocycles. The monoisotopic (exact) mass is 281 g/mol. The Morgan fingerprint density at radius 1 is 0.857 bits per heavy atom. The minimum atomic E-state index is 0.449. The predicted octanol–water partition coefficient (Wildman–Crippen LogP) is 5.54. The molecule has 0 fully saturated rings. The van der Waals surface area contributed by atoms with E-state index >= 15 is 0 Å². The summed E-state index contributed by atoms with van der Waals surface area (Å²) < 4.78 is 0. The Balaban J connectivity index is 2.28. The minimum absolute atomic E-state index is 0.449. The lowest BCUT2D eigenvalue weighted by Crippen LogP contribution is -2.19. The fraction of sp³-hybridized carbons (Fsp3) is 0.400. The molecular weight excluding hydrogens is 254 g/mol. The van der Waals surface area contributed by atoms with Gasteiger partial charge >= 0.3 is 0 Å². The van der Waals surface area contributed by atoms with Gasteiger partial charge < -0.3 is 5.32 Å². The van der Waals surface area contributed by atoms with Crippen molar-refractivity contribution in [3.05, 3.63) is 59.7 Å². The van der Waals surface area contributed by atoms with E-state index in [9.17, 15) is 0 Å². The van der Waals surface area contributed by atoms with Gasteiger partial charge in [0.15, 0.2) is 0 Å². The van der Waals surface area contributed by atoms with Crippen LogP contribution >= 0.6 is 0 Å². The molecule has 1 nitrogen and oxygen atoms in total. The molecule has 1 unspecified atom stereocenters. The average molecular weight is 281 g/mol. The molecule has 0 aliphatic rings. The van der Waals surface area contributed by atoms with E-state index in [0.29, 0.717) is 12.0 Å². The SMILES string of the molecule is CCNC(CC)c1cccc(-c2ccc(C(C)C)cc2)c1. The summed E-state index contributed by atoms with van der Waals surface area (Å²) >= 11 is 0. The van der Waals surface area contributed by atoms with Crippen LogP contribution in [0, 0.1) is 0 Å². The van der Waals surface area contributed by atoms with Crippen molar-refractivity contribution < 1.29 is 0 Å². The first-order chi connectivity index (χ1) is 10.2. The smallest absolute Gasteiger partial charge is 0.0317 e. The van der Waals surface area contributed by atoms with Gasteiger partial charge in [-0.2, -0.15) is 0 Å². The maximum Gasteiger partial charge on any atom is 0.0317 e. The van der Waals surface area contributed by atoms with E-state index < -0.39 is 0 Å². The molecule has 2 aromatic rings. The van der Waals surface area contributed by atoms with Gasteiger partial charge in [0.1, 0.15) is 0 Å². The third-order valence-corrected chi connectivity index (χ3v) is 4.06. The van der Waals surface area contributed by atoms with E-state index in [-0.39, 0.29) is 0 Å². The van der Waals surface area contributed by atoms with Crippen molar-refractivity contribution >= 4 is 0 Å². The normalized spacial score (nSPS) is 12.6. The number of benzene rings is 2. The second-order valence-corrected chi connectivity index (χ2v) is 5.92. The van der Waals surface area contributed by atoms with Crippen LogP contribution in [0.3, 0.4) is 0 Å². The summed E-state index contributed by atoms with van der Waals surface area (Å²) in [5, 5.41) is 3.55. The first kappa shape index (κ1) is 15.8. The Labute approximate surface area is 129 Å². The van der Waals surface area contributed by atoms with E-state index in [1.165, 1.54) is 22.3 Å². The molecule has 21 heavy (non-hydrogen) atoms. The summed E-state index contributed by atoms with van der Waals surface area (Å²) in [4.78, 5) is 0. The van der Waals surface area contributed by atoms with Crippen LogP contribution in [0.5, 0.6) is 0 Å². The Bertz CT molecular complexity index is 554. The predicted molar refractivity (Wildman–Crippen MR) is 92.7 cm³/mol. The standard InChI is InChI=1S/C20H27N/c1-5-20(21-6-2)19-9-7-8-18(14-19)17-12-10-16(11-13-17)15(3)4/h7-15,20-21H,5-6H2,1-4H3. The maximum atomic E-state index is 3.55. The minimum Gasteiger partial charge on any atom is -0.310 e. The third kappa shape index (κ3) is 3.95. The Morgan fingerprint density at radius 2 is 1.57 bits per heavy atom. The molecular formula is C20H27N. The van der Waals surface area contributed by atoms with E-state index in [1.807, 2.05) is 0 Å². The highest BCUT2D eigenvalue weighted by Crippen LogP contribution is 2.26. The lowest BCUT2D eigenvalue weighted by Gasteiger charge is -2.17. The molecule has 0 bridgehead atoms. The van der Waals surface area contributed by atoms with E-state index in [0.717, 1.165) is 13.0 Å². The molecule has 0 spiro atoms. The quantitative estimate of drug-likeness (QED) is 0.733. The molecule has 0 saturated heterocycles. The zero-order valence-electron chi connectivity index (χ0n) is 13.7. The molecule has 112 valence electrons. The summed E-state index contributed by atoms with van der Waals surface area (Å²) in [6, 6.07) is 18.3.